The number of ether oxygens (including phenoxy) is 1. The number of rotatable bonds is 6. The number of guanidine groups is 1. The van der Waals surface area contributed by atoms with Gasteiger partial charge in [-0.05, 0) is 24.8 Å². The molecule has 0 atom stereocenters. The molecular weight excluding hydrogens is 401 g/mol. The van der Waals surface area contributed by atoms with Gasteiger partial charge >= 0.3 is 0 Å². The summed E-state index contributed by atoms with van der Waals surface area (Å²) in [5.41, 5.74) is 7.10. The minimum absolute atomic E-state index is 0. The molecule has 0 bridgehead atoms. The maximum atomic E-state index is 6.02. The van der Waals surface area contributed by atoms with E-state index in [1.807, 2.05) is 24.3 Å². The minimum atomic E-state index is 0. The molecule has 0 aliphatic heterocycles. The lowest BCUT2D eigenvalue weighted by atomic mass is 9.96. The summed E-state index contributed by atoms with van der Waals surface area (Å²) in [4.78, 5) is 4.48. The van der Waals surface area contributed by atoms with Crippen LogP contribution in [0.15, 0.2) is 29.3 Å². The van der Waals surface area contributed by atoms with Crippen molar-refractivity contribution >= 4 is 29.9 Å². The van der Waals surface area contributed by atoms with Gasteiger partial charge in [0.15, 0.2) is 5.96 Å². The van der Waals surface area contributed by atoms with Crippen LogP contribution in [-0.4, -0.2) is 18.6 Å². The number of nitrogens with two attached hydrogens (primary N) is 1. The molecule has 0 aromatic heterocycles. The van der Waals surface area contributed by atoms with E-state index in [2.05, 4.69) is 24.2 Å². The van der Waals surface area contributed by atoms with Gasteiger partial charge in [-0.25, -0.2) is 4.99 Å². The van der Waals surface area contributed by atoms with E-state index in [4.69, 9.17) is 10.5 Å². The average Bonchev–Trinajstić information content (AvgIpc) is 2.52. The topological polar surface area (TPSA) is 59.6 Å². The monoisotopic (exact) mass is 431 g/mol. The van der Waals surface area contributed by atoms with Gasteiger partial charge < -0.3 is 15.8 Å². The molecular formula is C18H30IN3O. The third-order valence-corrected chi connectivity index (χ3v) is 3.92. The van der Waals surface area contributed by atoms with E-state index >= 15 is 0 Å². The Bertz CT molecular complexity index is 485. The molecule has 3 N–H and O–H groups in total. The van der Waals surface area contributed by atoms with Crippen molar-refractivity contribution in [3.8, 4) is 5.75 Å². The molecule has 1 aliphatic rings. The van der Waals surface area contributed by atoms with E-state index < -0.39 is 0 Å². The van der Waals surface area contributed by atoms with E-state index in [0.29, 0.717) is 24.5 Å². The third kappa shape index (κ3) is 7.42. The van der Waals surface area contributed by atoms with Crippen LogP contribution in [0.5, 0.6) is 5.75 Å². The van der Waals surface area contributed by atoms with Crippen LogP contribution in [0.4, 0.5) is 0 Å². The van der Waals surface area contributed by atoms with Crippen LogP contribution in [0.2, 0.25) is 0 Å². The zero-order valence-corrected chi connectivity index (χ0v) is 16.6. The summed E-state index contributed by atoms with van der Waals surface area (Å²) in [6.07, 6.45) is 6.32. The van der Waals surface area contributed by atoms with Crippen LogP contribution in [0.25, 0.3) is 0 Å². The van der Waals surface area contributed by atoms with Gasteiger partial charge in [0, 0.05) is 11.6 Å². The molecule has 5 heteroatoms. The predicted molar refractivity (Wildman–Crippen MR) is 108 cm³/mol. The lowest BCUT2D eigenvalue weighted by Gasteiger charge is -2.23. The molecule has 2 rings (SSSR count). The summed E-state index contributed by atoms with van der Waals surface area (Å²) >= 11 is 0. The fourth-order valence-electron chi connectivity index (χ4n) is 2.70. The Balaban J connectivity index is 0.00000264. The van der Waals surface area contributed by atoms with Gasteiger partial charge in [0.2, 0.25) is 0 Å². The smallest absolute Gasteiger partial charge is 0.189 e. The quantitative estimate of drug-likeness (QED) is 0.406. The fourth-order valence-corrected chi connectivity index (χ4v) is 2.70. The first-order valence-electron chi connectivity index (χ1n) is 8.42. The normalized spacial score (nSPS) is 16.0. The van der Waals surface area contributed by atoms with Crippen LogP contribution >= 0.6 is 24.0 Å². The van der Waals surface area contributed by atoms with Crippen LogP contribution in [0.1, 0.15) is 51.5 Å². The molecule has 1 saturated carbocycles. The van der Waals surface area contributed by atoms with Crippen LogP contribution in [0, 0.1) is 5.92 Å². The highest BCUT2D eigenvalue weighted by Gasteiger charge is 2.13. The Kier molecular flexibility index (Phi) is 9.36. The molecule has 0 heterocycles. The summed E-state index contributed by atoms with van der Waals surface area (Å²) in [5, 5.41) is 3.35. The zero-order chi connectivity index (χ0) is 15.8. The Hall–Kier alpha value is -0.980. The van der Waals surface area contributed by atoms with Gasteiger partial charge in [0.25, 0.3) is 0 Å². The molecule has 0 unspecified atom stereocenters. The van der Waals surface area contributed by atoms with Crippen molar-refractivity contribution in [2.24, 2.45) is 16.6 Å². The Morgan fingerprint density at radius 2 is 1.96 bits per heavy atom. The second kappa shape index (κ2) is 10.7. The number of halogens is 1. The van der Waals surface area contributed by atoms with Crippen molar-refractivity contribution in [1.29, 1.82) is 0 Å². The number of nitrogens with one attached hydrogen (secondary N) is 1. The van der Waals surface area contributed by atoms with Gasteiger partial charge in [-0.2, -0.15) is 0 Å². The number of nitrogens with zero attached hydrogens (tertiary/aromatic N) is 1. The lowest BCUT2D eigenvalue weighted by Crippen LogP contribution is -2.41. The molecule has 0 radical (unpaired) electrons. The molecule has 1 aromatic rings. The highest BCUT2D eigenvalue weighted by atomic mass is 127. The maximum Gasteiger partial charge on any atom is 0.189 e. The summed E-state index contributed by atoms with van der Waals surface area (Å²) < 4.78 is 5.85. The maximum absolute atomic E-state index is 6.02. The second-order valence-electron chi connectivity index (χ2n) is 6.49. The molecule has 1 fully saturated rings. The van der Waals surface area contributed by atoms with E-state index in [0.717, 1.165) is 17.9 Å². The van der Waals surface area contributed by atoms with Gasteiger partial charge in [-0.1, -0.05) is 51.3 Å². The molecule has 130 valence electrons. The minimum Gasteiger partial charge on any atom is -0.493 e. The highest BCUT2D eigenvalue weighted by molar-refractivity contribution is 14.0. The molecule has 0 spiro atoms. The van der Waals surface area contributed by atoms with E-state index in [1.54, 1.807) is 0 Å². The van der Waals surface area contributed by atoms with Crippen molar-refractivity contribution in [1.82, 2.24) is 5.32 Å². The molecule has 1 aliphatic carbocycles. The largest absolute Gasteiger partial charge is 0.493 e. The number of hydrogen-bond acceptors (Lipinski definition) is 2. The van der Waals surface area contributed by atoms with Crippen LogP contribution < -0.4 is 15.8 Å². The Morgan fingerprint density at radius 1 is 1.26 bits per heavy atom. The molecule has 0 saturated heterocycles. The average molecular weight is 431 g/mol. The van der Waals surface area contributed by atoms with Crippen molar-refractivity contribution in [3.05, 3.63) is 29.8 Å². The van der Waals surface area contributed by atoms with Crippen molar-refractivity contribution in [3.63, 3.8) is 0 Å². The number of aliphatic imine (C=N–C) groups is 1. The van der Waals surface area contributed by atoms with Gasteiger partial charge in [-0.15, -0.1) is 24.0 Å². The third-order valence-electron chi connectivity index (χ3n) is 3.92. The van der Waals surface area contributed by atoms with Crippen molar-refractivity contribution in [2.75, 3.05) is 6.61 Å². The van der Waals surface area contributed by atoms with E-state index in [1.165, 1.54) is 32.1 Å². The van der Waals surface area contributed by atoms with Gasteiger partial charge in [0.05, 0.1) is 13.2 Å². The van der Waals surface area contributed by atoms with Crippen molar-refractivity contribution in [2.45, 2.75) is 58.5 Å². The lowest BCUT2D eigenvalue weighted by molar-refractivity contribution is 0.268. The Labute approximate surface area is 157 Å². The first-order chi connectivity index (χ1) is 10.6. The summed E-state index contributed by atoms with van der Waals surface area (Å²) in [6, 6.07) is 8.54. The molecule has 0 amide bonds. The van der Waals surface area contributed by atoms with Crippen LogP contribution in [-0.2, 0) is 6.54 Å². The van der Waals surface area contributed by atoms with Crippen LogP contribution in [0.3, 0.4) is 0 Å². The number of hydrogen-bond donors (Lipinski definition) is 2. The standard InChI is InChI=1S/C18H29N3O.HI/c1-14(2)13-22-17-11-7-6-8-15(17)12-20-18(19)21-16-9-4-3-5-10-16;/h6-8,11,14,16H,3-5,9-10,12-13H2,1-2H3,(H3,19,20,21);1H. The Morgan fingerprint density at radius 3 is 2.65 bits per heavy atom. The first-order valence-corrected chi connectivity index (χ1v) is 8.42. The van der Waals surface area contributed by atoms with Gasteiger partial charge in [0.1, 0.15) is 5.75 Å². The highest BCUT2D eigenvalue weighted by Crippen LogP contribution is 2.20. The first kappa shape index (κ1) is 20.1. The van der Waals surface area contributed by atoms with E-state index in [9.17, 15) is 0 Å². The molecule has 4 nitrogen and oxygen atoms in total. The SMILES string of the molecule is CC(C)COc1ccccc1CN=C(N)NC1CCCCC1.I. The molecule has 1 aromatic carbocycles. The fraction of sp³-hybridized carbons (Fsp3) is 0.611. The van der Waals surface area contributed by atoms with E-state index in [-0.39, 0.29) is 24.0 Å². The summed E-state index contributed by atoms with van der Waals surface area (Å²) in [5.74, 6) is 1.96. The summed E-state index contributed by atoms with van der Waals surface area (Å²) in [6.45, 7) is 5.57. The zero-order valence-electron chi connectivity index (χ0n) is 14.3. The second-order valence-corrected chi connectivity index (χ2v) is 6.49. The number of benzene rings is 1. The number of para-hydroxylation sites is 1. The van der Waals surface area contributed by atoms with Crippen molar-refractivity contribution < 1.29 is 4.74 Å². The van der Waals surface area contributed by atoms with Gasteiger partial charge in [-0.3, -0.25) is 0 Å². The molecule has 23 heavy (non-hydrogen) atoms. The summed E-state index contributed by atoms with van der Waals surface area (Å²) in [7, 11) is 0. The predicted octanol–water partition coefficient (Wildman–Crippen LogP) is 4.08.